The van der Waals surface area contributed by atoms with Gasteiger partial charge in [0.15, 0.2) is 0 Å². The molecule has 152 valence electrons. The first kappa shape index (κ1) is 17.3. The SMILES string of the molecule is c1ccc2c(c1)-c1ccccc1C21c2ccccc2-c2c1c1ncccc1c1ccccc21. The molecular weight excluding hydrogens is 398 g/mol. The Labute approximate surface area is 192 Å². The summed E-state index contributed by atoms with van der Waals surface area (Å²) in [5.41, 5.74) is 11.5. The Morgan fingerprint density at radius 3 is 1.67 bits per heavy atom. The summed E-state index contributed by atoms with van der Waals surface area (Å²) in [5, 5.41) is 3.80. The van der Waals surface area contributed by atoms with Crippen LogP contribution in [0.2, 0.25) is 0 Å². The van der Waals surface area contributed by atoms with E-state index < -0.39 is 0 Å². The van der Waals surface area contributed by atoms with Gasteiger partial charge in [-0.2, -0.15) is 0 Å². The summed E-state index contributed by atoms with van der Waals surface area (Å²) >= 11 is 0. The average molecular weight is 418 g/mol. The lowest BCUT2D eigenvalue weighted by molar-refractivity contribution is 0.799. The average Bonchev–Trinajstić information content (AvgIpc) is 3.37. The van der Waals surface area contributed by atoms with Crippen LogP contribution in [0.15, 0.2) is 115 Å². The molecule has 0 fully saturated rings. The minimum absolute atomic E-state index is 0.365. The monoisotopic (exact) mass is 417 g/mol. The van der Waals surface area contributed by atoms with Gasteiger partial charge in [-0.05, 0) is 55.8 Å². The standard InChI is InChI=1S/C32H19N/c1-2-13-23-20(10-1)24-15-9-19-33-31(24)30-29(23)25-14-5-8-18-28(25)32(30)26-16-6-3-11-21(26)22-12-4-7-17-27(22)32/h1-19H. The van der Waals surface area contributed by atoms with E-state index in [9.17, 15) is 0 Å². The highest BCUT2D eigenvalue weighted by Crippen LogP contribution is 2.64. The van der Waals surface area contributed by atoms with Gasteiger partial charge in [0.2, 0.25) is 0 Å². The smallest absolute Gasteiger partial charge is 0.0762 e. The maximum Gasteiger partial charge on any atom is 0.0762 e. The van der Waals surface area contributed by atoms with Crippen LogP contribution < -0.4 is 0 Å². The first-order valence-corrected chi connectivity index (χ1v) is 11.5. The van der Waals surface area contributed by atoms with Crippen LogP contribution in [-0.4, -0.2) is 4.98 Å². The lowest BCUT2D eigenvalue weighted by atomic mass is 9.70. The number of hydrogen-bond donors (Lipinski definition) is 0. The zero-order valence-corrected chi connectivity index (χ0v) is 17.9. The summed E-state index contributed by atoms with van der Waals surface area (Å²) in [4.78, 5) is 5.05. The van der Waals surface area contributed by atoms with E-state index in [4.69, 9.17) is 4.98 Å². The van der Waals surface area contributed by atoms with Crippen molar-refractivity contribution in [1.82, 2.24) is 4.98 Å². The summed E-state index contributed by atoms with van der Waals surface area (Å²) < 4.78 is 0. The number of nitrogens with zero attached hydrogens (tertiary/aromatic N) is 1. The summed E-state index contributed by atoms with van der Waals surface area (Å²) in [6.45, 7) is 0. The van der Waals surface area contributed by atoms with Crippen LogP contribution in [0, 0.1) is 0 Å². The number of fused-ring (bicyclic) bond motifs is 15. The van der Waals surface area contributed by atoms with Gasteiger partial charge in [-0.3, -0.25) is 4.98 Å². The van der Waals surface area contributed by atoms with Crippen LogP contribution in [-0.2, 0) is 5.41 Å². The van der Waals surface area contributed by atoms with Crippen molar-refractivity contribution in [3.63, 3.8) is 0 Å². The zero-order valence-electron chi connectivity index (χ0n) is 17.9. The number of hydrogen-bond acceptors (Lipinski definition) is 1. The third-order valence-corrected chi connectivity index (χ3v) is 7.71. The van der Waals surface area contributed by atoms with Gasteiger partial charge < -0.3 is 0 Å². The molecule has 5 aromatic carbocycles. The van der Waals surface area contributed by atoms with Gasteiger partial charge >= 0.3 is 0 Å². The molecule has 1 heterocycles. The first-order chi connectivity index (χ1) is 16.4. The quantitative estimate of drug-likeness (QED) is 0.230. The van der Waals surface area contributed by atoms with Gasteiger partial charge in [0.05, 0.1) is 10.9 Å². The minimum atomic E-state index is -0.365. The molecule has 0 bridgehead atoms. The van der Waals surface area contributed by atoms with Crippen molar-refractivity contribution < 1.29 is 0 Å². The number of aromatic nitrogens is 1. The molecule has 2 aliphatic carbocycles. The zero-order chi connectivity index (χ0) is 21.6. The van der Waals surface area contributed by atoms with Crippen molar-refractivity contribution in [3.8, 4) is 22.3 Å². The number of pyridine rings is 1. The molecule has 33 heavy (non-hydrogen) atoms. The fraction of sp³-hybridized carbons (Fsp3) is 0.0312. The molecular formula is C32H19N. The van der Waals surface area contributed by atoms with E-state index in [-0.39, 0.29) is 5.41 Å². The highest BCUT2D eigenvalue weighted by Gasteiger charge is 2.53. The van der Waals surface area contributed by atoms with Crippen molar-refractivity contribution in [2.45, 2.75) is 5.41 Å². The van der Waals surface area contributed by atoms with Crippen LogP contribution in [0.3, 0.4) is 0 Å². The molecule has 0 unspecified atom stereocenters. The molecule has 0 saturated heterocycles. The minimum Gasteiger partial charge on any atom is -0.256 e. The second-order valence-electron chi connectivity index (χ2n) is 9.08. The first-order valence-electron chi connectivity index (χ1n) is 11.5. The van der Waals surface area contributed by atoms with Crippen molar-refractivity contribution in [1.29, 1.82) is 0 Å². The van der Waals surface area contributed by atoms with Gasteiger partial charge in [-0.25, -0.2) is 0 Å². The largest absolute Gasteiger partial charge is 0.256 e. The van der Waals surface area contributed by atoms with Crippen LogP contribution in [0.5, 0.6) is 0 Å². The molecule has 0 N–H and O–H groups in total. The molecule has 0 radical (unpaired) electrons. The summed E-state index contributed by atoms with van der Waals surface area (Å²) in [5.74, 6) is 0. The Morgan fingerprint density at radius 1 is 0.455 bits per heavy atom. The molecule has 1 spiro atoms. The van der Waals surface area contributed by atoms with Crippen molar-refractivity contribution >= 4 is 21.7 Å². The third kappa shape index (κ3) is 1.89. The molecule has 2 aliphatic rings. The number of benzene rings is 5. The maximum absolute atomic E-state index is 5.05. The molecule has 6 aromatic rings. The molecule has 1 heteroatoms. The van der Waals surface area contributed by atoms with E-state index in [2.05, 4.69) is 109 Å². The Bertz CT molecular complexity index is 1730. The summed E-state index contributed by atoms with van der Waals surface area (Å²) in [6.07, 6.45) is 1.95. The third-order valence-electron chi connectivity index (χ3n) is 7.71. The van der Waals surface area contributed by atoms with E-state index in [1.54, 1.807) is 0 Å². The van der Waals surface area contributed by atoms with Crippen molar-refractivity contribution in [2.75, 3.05) is 0 Å². The van der Waals surface area contributed by atoms with E-state index in [1.165, 1.54) is 60.7 Å². The van der Waals surface area contributed by atoms with E-state index in [0.717, 1.165) is 5.52 Å². The Hall–Kier alpha value is -4.23. The predicted octanol–water partition coefficient (Wildman–Crippen LogP) is 7.73. The molecule has 0 aliphatic heterocycles. The van der Waals surface area contributed by atoms with Crippen LogP contribution in [0.4, 0.5) is 0 Å². The molecule has 8 rings (SSSR count). The molecule has 0 amide bonds. The van der Waals surface area contributed by atoms with E-state index in [0.29, 0.717) is 0 Å². The Morgan fingerprint density at radius 2 is 0.970 bits per heavy atom. The fourth-order valence-corrected chi connectivity index (χ4v) is 6.61. The van der Waals surface area contributed by atoms with Crippen LogP contribution >= 0.6 is 0 Å². The normalized spacial score (nSPS) is 14.3. The highest BCUT2D eigenvalue weighted by molar-refractivity contribution is 6.18. The molecule has 0 saturated carbocycles. The molecule has 1 nitrogen and oxygen atoms in total. The second kappa shape index (κ2) is 5.96. The topological polar surface area (TPSA) is 12.9 Å². The Balaban J connectivity index is 1.72. The summed E-state index contributed by atoms with van der Waals surface area (Å²) in [6, 6.07) is 40.0. The highest BCUT2D eigenvalue weighted by atomic mass is 14.7. The van der Waals surface area contributed by atoms with Gasteiger partial charge in [0, 0.05) is 17.1 Å². The number of rotatable bonds is 0. The lowest BCUT2D eigenvalue weighted by Gasteiger charge is -2.31. The van der Waals surface area contributed by atoms with E-state index in [1.807, 2.05) is 6.20 Å². The van der Waals surface area contributed by atoms with Gasteiger partial charge in [-0.15, -0.1) is 0 Å². The second-order valence-corrected chi connectivity index (χ2v) is 9.08. The lowest BCUT2D eigenvalue weighted by Crippen LogP contribution is -2.26. The van der Waals surface area contributed by atoms with Crippen molar-refractivity contribution in [3.05, 3.63) is 138 Å². The van der Waals surface area contributed by atoms with Gasteiger partial charge in [0.1, 0.15) is 0 Å². The van der Waals surface area contributed by atoms with Crippen LogP contribution in [0.1, 0.15) is 22.3 Å². The predicted molar refractivity (Wildman–Crippen MR) is 136 cm³/mol. The van der Waals surface area contributed by atoms with Crippen molar-refractivity contribution in [2.24, 2.45) is 0 Å². The Kier molecular flexibility index (Phi) is 3.13. The fourth-order valence-electron chi connectivity index (χ4n) is 6.61. The molecule has 0 atom stereocenters. The molecule has 1 aromatic heterocycles. The van der Waals surface area contributed by atoms with E-state index >= 15 is 0 Å². The van der Waals surface area contributed by atoms with Gasteiger partial charge in [0.25, 0.3) is 0 Å². The summed E-state index contributed by atoms with van der Waals surface area (Å²) in [7, 11) is 0. The maximum atomic E-state index is 5.05. The van der Waals surface area contributed by atoms with Gasteiger partial charge in [-0.1, -0.05) is 103 Å². The van der Waals surface area contributed by atoms with Crippen LogP contribution in [0.25, 0.3) is 43.9 Å².